The zero-order valence-electron chi connectivity index (χ0n) is 7.79. The first-order valence-electron chi connectivity index (χ1n) is 5.13. The van der Waals surface area contributed by atoms with E-state index in [9.17, 15) is 0 Å². The van der Waals surface area contributed by atoms with Crippen LogP contribution < -0.4 is 5.73 Å². The highest BCUT2D eigenvalue weighted by Gasteiger charge is 2.44. The van der Waals surface area contributed by atoms with Crippen LogP contribution in [0.3, 0.4) is 0 Å². The molecule has 13 heavy (non-hydrogen) atoms. The molecule has 3 nitrogen and oxygen atoms in total. The summed E-state index contributed by atoms with van der Waals surface area (Å²) >= 11 is 0. The first-order valence-corrected chi connectivity index (χ1v) is 5.13. The number of imidazole rings is 1. The van der Waals surface area contributed by atoms with Crippen molar-refractivity contribution in [2.24, 2.45) is 5.73 Å². The number of hydrogen-bond donors (Lipinski definition) is 1. The molecule has 3 rings (SSSR count). The lowest BCUT2D eigenvalue weighted by Crippen LogP contribution is -2.22. The maximum Gasteiger partial charge on any atom is 0.0952 e. The Hall–Kier alpha value is -0.830. The molecule has 1 saturated carbocycles. The molecule has 1 fully saturated rings. The lowest BCUT2D eigenvalue weighted by atomic mass is 10.0. The van der Waals surface area contributed by atoms with Gasteiger partial charge in [-0.05, 0) is 32.1 Å². The van der Waals surface area contributed by atoms with Gasteiger partial charge in [-0.2, -0.15) is 0 Å². The van der Waals surface area contributed by atoms with Crippen molar-refractivity contribution in [3.05, 3.63) is 17.7 Å². The zero-order valence-corrected chi connectivity index (χ0v) is 7.79. The maximum absolute atomic E-state index is 6.16. The molecule has 2 N–H and O–H groups in total. The highest BCUT2D eigenvalue weighted by Crippen LogP contribution is 2.43. The molecule has 0 radical (unpaired) electrons. The van der Waals surface area contributed by atoms with Crippen LogP contribution in [-0.2, 0) is 18.5 Å². The van der Waals surface area contributed by atoms with Gasteiger partial charge in [-0.25, -0.2) is 4.98 Å². The molecule has 0 unspecified atom stereocenters. The number of fused-ring (bicyclic) bond motifs is 1. The third-order valence-corrected chi connectivity index (χ3v) is 3.27. The second-order valence-corrected chi connectivity index (χ2v) is 4.35. The molecule has 1 aromatic heterocycles. The Morgan fingerprint density at radius 1 is 1.38 bits per heavy atom. The number of nitrogens with two attached hydrogens (primary N) is 1. The Balaban J connectivity index is 2.06. The standard InChI is InChI=1S/C10H15N3/c11-10(4-5-10)9-8-3-1-2-6-13(8)7-12-9/h7H,1-6,11H2. The molecular formula is C10H15N3. The number of aryl methyl sites for hydroxylation is 1. The molecule has 0 atom stereocenters. The molecule has 0 amide bonds. The van der Waals surface area contributed by atoms with E-state index in [1.165, 1.54) is 30.7 Å². The molecule has 1 aliphatic heterocycles. The van der Waals surface area contributed by atoms with Crippen LogP contribution in [0.5, 0.6) is 0 Å². The topological polar surface area (TPSA) is 43.8 Å². The van der Waals surface area contributed by atoms with Gasteiger partial charge in [0, 0.05) is 12.2 Å². The highest BCUT2D eigenvalue weighted by atomic mass is 15.1. The minimum absolute atomic E-state index is 0.0437. The van der Waals surface area contributed by atoms with E-state index < -0.39 is 0 Å². The molecule has 0 spiro atoms. The van der Waals surface area contributed by atoms with E-state index >= 15 is 0 Å². The third-order valence-electron chi connectivity index (χ3n) is 3.27. The highest BCUT2D eigenvalue weighted by molar-refractivity contribution is 5.28. The summed E-state index contributed by atoms with van der Waals surface area (Å²) in [6.07, 6.45) is 7.98. The van der Waals surface area contributed by atoms with Crippen LogP contribution >= 0.6 is 0 Å². The second-order valence-electron chi connectivity index (χ2n) is 4.35. The van der Waals surface area contributed by atoms with Crippen molar-refractivity contribution in [2.75, 3.05) is 0 Å². The quantitative estimate of drug-likeness (QED) is 0.699. The predicted molar refractivity (Wildman–Crippen MR) is 50.3 cm³/mol. The largest absolute Gasteiger partial charge is 0.334 e. The van der Waals surface area contributed by atoms with Crippen LogP contribution in [0.2, 0.25) is 0 Å². The van der Waals surface area contributed by atoms with Gasteiger partial charge >= 0.3 is 0 Å². The van der Waals surface area contributed by atoms with E-state index in [0.29, 0.717) is 0 Å². The van der Waals surface area contributed by atoms with E-state index in [0.717, 1.165) is 19.4 Å². The van der Waals surface area contributed by atoms with Gasteiger partial charge in [-0.15, -0.1) is 0 Å². The summed E-state index contributed by atoms with van der Waals surface area (Å²) in [4.78, 5) is 4.47. The lowest BCUT2D eigenvalue weighted by Gasteiger charge is -2.17. The first kappa shape index (κ1) is 7.56. The molecule has 1 aromatic rings. The number of hydrogen-bond acceptors (Lipinski definition) is 2. The molecule has 2 aliphatic rings. The number of aromatic nitrogens is 2. The second kappa shape index (κ2) is 2.35. The summed E-state index contributed by atoms with van der Waals surface area (Å²) in [6.45, 7) is 1.14. The molecule has 0 aromatic carbocycles. The van der Waals surface area contributed by atoms with E-state index in [1.54, 1.807) is 0 Å². The minimum atomic E-state index is -0.0437. The van der Waals surface area contributed by atoms with E-state index in [-0.39, 0.29) is 5.54 Å². The minimum Gasteiger partial charge on any atom is -0.334 e. The average Bonchev–Trinajstić information content (AvgIpc) is 2.76. The van der Waals surface area contributed by atoms with Crippen molar-refractivity contribution >= 4 is 0 Å². The van der Waals surface area contributed by atoms with Gasteiger partial charge < -0.3 is 10.3 Å². The van der Waals surface area contributed by atoms with Gasteiger partial charge in [0.15, 0.2) is 0 Å². The Morgan fingerprint density at radius 2 is 2.23 bits per heavy atom. The van der Waals surface area contributed by atoms with Crippen molar-refractivity contribution in [3.8, 4) is 0 Å². The maximum atomic E-state index is 6.16. The summed E-state index contributed by atoms with van der Waals surface area (Å²) in [5, 5.41) is 0. The van der Waals surface area contributed by atoms with Crippen LogP contribution in [-0.4, -0.2) is 9.55 Å². The van der Waals surface area contributed by atoms with Crippen LogP contribution in [0.4, 0.5) is 0 Å². The average molecular weight is 177 g/mol. The molecule has 1 aliphatic carbocycles. The monoisotopic (exact) mass is 177 g/mol. The van der Waals surface area contributed by atoms with Crippen LogP contribution in [0.1, 0.15) is 37.1 Å². The zero-order chi connectivity index (χ0) is 8.89. The molecular weight excluding hydrogens is 162 g/mol. The lowest BCUT2D eigenvalue weighted by molar-refractivity contribution is 0.523. The molecule has 70 valence electrons. The van der Waals surface area contributed by atoms with E-state index in [2.05, 4.69) is 9.55 Å². The Bertz CT molecular complexity index is 336. The summed E-state index contributed by atoms with van der Waals surface area (Å²) < 4.78 is 2.28. The third kappa shape index (κ3) is 1.03. The fraction of sp³-hybridized carbons (Fsp3) is 0.700. The smallest absolute Gasteiger partial charge is 0.0952 e. The Morgan fingerprint density at radius 3 is 3.00 bits per heavy atom. The van der Waals surface area contributed by atoms with Gasteiger partial charge in [0.25, 0.3) is 0 Å². The summed E-state index contributed by atoms with van der Waals surface area (Å²) in [6, 6.07) is 0. The van der Waals surface area contributed by atoms with Gasteiger partial charge in [0.05, 0.1) is 17.6 Å². The fourth-order valence-electron chi connectivity index (χ4n) is 2.22. The first-order chi connectivity index (χ1) is 6.30. The molecule has 2 heterocycles. The van der Waals surface area contributed by atoms with Gasteiger partial charge in [0.1, 0.15) is 0 Å². The van der Waals surface area contributed by atoms with Crippen molar-refractivity contribution in [2.45, 2.75) is 44.2 Å². The Labute approximate surface area is 78.0 Å². The van der Waals surface area contributed by atoms with Crippen molar-refractivity contribution < 1.29 is 0 Å². The predicted octanol–water partition coefficient (Wildman–Crippen LogP) is 1.17. The van der Waals surface area contributed by atoms with Crippen LogP contribution in [0, 0.1) is 0 Å². The Kier molecular flexibility index (Phi) is 1.37. The van der Waals surface area contributed by atoms with Crippen molar-refractivity contribution in [1.29, 1.82) is 0 Å². The number of nitrogens with zero attached hydrogens (tertiary/aromatic N) is 2. The molecule has 0 bridgehead atoms. The number of rotatable bonds is 1. The molecule has 0 saturated heterocycles. The van der Waals surface area contributed by atoms with Gasteiger partial charge in [-0.3, -0.25) is 0 Å². The molecule has 3 heteroatoms. The normalized spacial score (nSPS) is 24.1. The van der Waals surface area contributed by atoms with Crippen molar-refractivity contribution in [3.63, 3.8) is 0 Å². The van der Waals surface area contributed by atoms with E-state index in [1.807, 2.05) is 6.33 Å². The van der Waals surface area contributed by atoms with Crippen LogP contribution in [0.15, 0.2) is 6.33 Å². The van der Waals surface area contributed by atoms with E-state index in [4.69, 9.17) is 5.73 Å². The van der Waals surface area contributed by atoms with Crippen LogP contribution in [0.25, 0.3) is 0 Å². The fourth-order valence-corrected chi connectivity index (χ4v) is 2.22. The summed E-state index contributed by atoms with van der Waals surface area (Å²) in [7, 11) is 0. The SMILES string of the molecule is NC1(c2ncn3c2CCCC3)CC1. The van der Waals surface area contributed by atoms with Gasteiger partial charge in [-0.1, -0.05) is 0 Å². The summed E-state index contributed by atoms with van der Waals surface area (Å²) in [5.74, 6) is 0. The van der Waals surface area contributed by atoms with Gasteiger partial charge in [0.2, 0.25) is 0 Å². The van der Waals surface area contributed by atoms with Crippen molar-refractivity contribution in [1.82, 2.24) is 9.55 Å². The summed E-state index contributed by atoms with van der Waals surface area (Å²) in [5.41, 5.74) is 8.71.